The average molecular weight is 740 g/mol. The number of nitrogens with zero attached hydrogens (tertiary/aromatic N) is 1. The molecule has 0 saturated carbocycles. The van der Waals surface area contributed by atoms with Crippen LogP contribution in [-0.4, -0.2) is 32.5 Å². The minimum atomic E-state index is -4.03. The van der Waals surface area contributed by atoms with Gasteiger partial charge in [0.1, 0.15) is 18.1 Å². The smallest absolute Gasteiger partial charge is 0.286 e. The Labute approximate surface area is 311 Å². The minimum Gasteiger partial charge on any atom is -0.497 e. The van der Waals surface area contributed by atoms with Crippen molar-refractivity contribution in [2.24, 2.45) is 4.99 Å². The van der Waals surface area contributed by atoms with E-state index in [4.69, 9.17) is 9.47 Å². The van der Waals surface area contributed by atoms with Gasteiger partial charge in [-0.15, -0.1) is 0 Å². The number of benzene rings is 6. The number of aliphatic imine (C=N–C) groups is 1. The van der Waals surface area contributed by atoms with Gasteiger partial charge < -0.3 is 14.8 Å². The Morgan fingerprint density at radius 1 is 0.774 bits per heavy atom. The predicted molar refractivity (Wildman–Crippen MR) is 210 cm³/mol. The van der Waals surface area contributed by atoms with Crippen molar-refractivity contribution in [3.63, 3.8) is 0 Å². The summed E-state index contributed by atoms with van der Waals surface area (Å²) in [5.41, 5.74) is 5.30. The van der Waals surface area contributed by atoms with E-state index in [0.29, 0.717) is 39.4 Å². The number of amides is 2. The Morgan fingerprint density at radius 2 is 1.42 bits per heavy atom. The van der Waals surface area contributed by atoms with Gasteiger partial charge in [-0.3, -0.25) is 9.59 Å². The van der Waals surface area contributed by atoms with E-state index in [1.54, 1.807) is 30.3 Å². The standard InChI is InChI=1S/C42H33N3O6S2/c1-50-36-19-21-37(22-20-36)53(48,49)45-40(46)23-28-13-17-35(18-14-28)43-42-44-41(47)39(52-42)26-34-24-32-9-5-6-10-33(32)25-38(34)51-27-29-11-15-31(16-12-29)30-7-3-2-4-8-30/h2-22,24-26H,23,27H2,1H3,(H,45,46)(H,43,44,47)/b39-26+. The van der Waals surface area contributed by atoms with Gasteiger partial charge in [0.15, 0.2) is 5.17 Å². The second-order valence-corrected chi connectivity index (χ2v) is 14.8. The van der Waals surface area contributed by atoms with Gasteiger partial charge in [0.05, 0.1) is 23.3 Å². The maximum absolute atomic E-state index is 13.0. The van der Waals surface area contributed by atoms with E-state index in [2.05, 4.69) is 51.4 Å². The third kappa shape index (κ3) is 8.66. The topological polar surface area (TPSA) is 123 Å². The summed E-state index contributed by atoms with van der Waals surface area (Å²) in [4.78, 5) is 30.2. The lowest BCUT2D eigenvalue weighted by Crippen LogP contribution is -2.31. The molecule has 0 aromatic heterocycles. The number of carbonyl (C=O) groups is 2. The molecule has 6 aromatic rings. The minimum absolute atomic E-state index is 0.0432. The fourth-order valence-electron chi connectivity index (χ4n) is 5.68. The van der Waals surface area contributed by atoms with Gasteiger partial charge in [0.2, 0.25) is 5.91 Å². The first-order valence-corrected chi connectivity index (χ1v) is 18.9. The number of methoxy groups -OCH3 is 1. The Balaban J connectivity index is 0.996. The summed E-state index contributed by atoms with van der Waals surface area (Å²) in [6.45, 7) is 0.351. The van der Waals surface area contributed by atoms with Crippen LogP contribution in [0.25, 0.3) is 28.0 Å². The number of ether oxygens (including phenoxy) is 2. The molecular formula is C42H33N3O6S2. The number of anilines is 1. The van der Waals surface area contributed by atoms with E-state index in [9.17, 15) is 18.0 Å². The number of hydrogen-bond donors (Lipinski definition) is 2. The maximum Gasteiger partial charge on any atom is 0.286 e. The molecule has 264 valence electrons. The van der Waals surface area contributed by atoms with E-state index >= 15 is 0 Å². The number of thioether (sulfide) groups is 1. The molecule has 0 radical (unpaired) electrons. The van der Waals surface area contributed by atoms with Crippen LogP contribution in [0.1, 0.15) is 16.7 Å². The fraction of sp³-hybridized carbons (Fsp3) is 0.0714. The van der Waals surface area contributed by atoms with Crippen LogP contribution in [-0.2, 0) is 32.6 Å². The van der Waals surface area contributed by atoms with Gasteiger partial charge in [0, 0.05) is 11.3 Å². The highest BCUT2D eigenvalue weighted by molar-refractivity contribution is 8.18. The van der Waals surface area contributed by atoms with Crippen LogP contribution in [0, 0.1) is 0 Å². The third-order valence-corrected chi connectivity index (χ3v) is 10.7. The molecule has 2 N–H and O–H groups in total. The van der Waals surface area contributed by atoms with Gasteiger partial charge in [-0.2, -0.15) is 4.99 Å². The SMILES string of the molecule is COc1ccc(S(=O)(=O)NC(=O)Cc2ccc(NC3=NC(=O)/C(=C\c4cc5ccccc5cc4OCc4ccc(-c5ccccc5)cc4)S3)cc2)cc1. The first-order chi connectivity index (χ1) is 25.7. The molecule has 0 unspecified atom stereocenters. The zero-order chi connectivity index (χ0) is 36.8. The van der Waals surface area contributed by atoms with Crippen molar-refractivity contribution in [2.75, 3.05) is 12.4 Å². The third-order valence-electron chi connectivity index (χ3n) is 8.43. The van der Waals surface area contributed by atoms with Crippen LogP contribution in [0.4, 0.5) is 5.69 Å². The Morgan fingerprint density at radius 3 is 2.11 bits per heavy atom. The summed E-state index contributed by atoms with van der Waals surface area (Å²) in [6, 6.07) is 43.1. The second-order valence-electron chi connectivity index (χ2n) is 12.1. The molecule has 0 aliphatic carbocycles. The van der Waals surface area contributed by atoms with Crippen LogP contribution >= 0.6 is 11.8 Å². The number of hydrogen-bond acceptors (Lipinski definition) is 8. The van der Waals surface area contributed by atoms with E-state index in [1.165, 1.54) is 43.1 Å². The van der Waals surface area contributed by atoms with Crippen molar-refractivity contribution in [3.05, 3.63) is 161 Å². The molecule has 1 aliphatic heterocycles. The van der Waals surface area contributed by atoms with E-state index < -0.39 is 15.9 Å². The molecule has 0 saturated heterocycles. The molecule has 6 aromatic carbocycles. The second kappa shape index (κ2) is 15.6. The number of rotatable bonds is 11. The van der Waals surface area contributed by atoms with Crippen LogP contribution in [0.3, 0.4) is 0 Å². The lowest BCUT2D eigenvalue weighted by molar-refractivity contribution is -0.118. The summed E-state index contributed by atoms with van der Waals surface area (Å²) in [6.07, 6.45) is 1.65. The molecule has 0 atom stereocenters. The number of nitrogens with one attached hydrogen (secondary N) is 2. The van der Waals surface area contributed by atoms with Crippen molar-refractivity contribution in [1.82, 2.24) is 4.72 Å². The monoisotopic (exact) mass is 739 g/mol. The number of fused-ring (bicyclic) bond motifs is 1. The summed E-state index contributed by atoms with van der Waals surface area (Å²) in [7, 11) is -2.55. The highest BCUT2D eigenvalue weighted by Gasteiger charge is 2.23. The summed E-state index contributed by atoms with van der Waals surface area (Å²) >= 11 is 1.21. The first kappa shape index (κ1) is 35.2. The molecule has 0 spiro atoms. The van der Waals surface area contributed by atoms with Gasteiger partial charge in [-0.05, 0) is 99.4 Å². The fourth-order valence-corrected chi connectivity index (χ4v) is 7.49. The average Bonchev–Trinajstić information content (AvgIpc) is 3.52. The molecule has 11 heteroatoms. The van der Waals surface area contributed by atoms with Crippen molar-refractivity contribution in [1.29, 1.82) is 0 Å². The van der Waals surface area contributed by atoms with Crippen LogP contribution in [0.2, 0.25) is 0 Å². The lowest BCUT2D eigenvalue weighted by atomic mass is 10.0. The van der Waals surface area contributed by atoms with Crippen molar-refractivity contribution < 1.29 is 27.5 Å². The molecule has 1 aliphatic rings. The molecule has 0 fully saturated rings. The van der Waals surface area contributed by atoms with Gasteiger partial charge >= 0.3 is 0 Å². The molecule has 7 rings (SSSR count). The quantitative estimate of drug-likeness (QED) is 0.128. The van der Waals surface area contributed by atoms with Gasteiger partial charge in [-0.1, -0.05) is 91.0 Å². The molecule has 0 bridgehead atoms. The zero-order valence-corrected chi connectivity index (χ0v) is 30.1. The molecule has 53 heavy (non-hydrogen) atoms. The molecular weight excluding hydrogens is 707 g/mol. The maximum atomic E-state index is 13.0. The predicted octanol–water partition coefficient (Wildman–Crippen LogP) is 8.22. The van der Waals surface area contributed by atoms with Gasteiger partial charge in [-0.25, -0.2) is 13.1 Å². The normalized spacial score (nSPS) is 13.5. The Hall–Kier alpha value is -6.17. The summed E-state index contributed by atoms with van der Waals surface area (Å²) < 4.78 is 38.8. The van der Waals surface area contributed by atoms with Crippen molar-refractivity contribution >= 4 is 61.3 Å². The van der Waals surface area contributed by atoms with Crippen molar-refractivity contribution in [3.8, 4) is 22.6 Å². The Kier molecular flexibility index (Phi) is 10.4. The number of carbonyl (C=O) groups excluding carboxylic acids is 2. The van der Waals surface area contributed by atoms with Crippen LogP contribution in [0.15, 0.2) is 154 Å². The van der Waals surface area contributed by atoms with Crippen LogP contribution in [0.5, 0.6) is 11.5 Å². The largest absolute Gasteiger partial charge is 0.497 e. The summed E-state index contributed by atoms with van der Waals surface area (Å²) in [5, 5.41) is 5.59. The van der Waals surface area contributed by atoms with Gasteiger partial charge in [0.25, 0.3) is 15.9 Å². The van der Waals surface area contributed by atoms with Crippen LogP contribution < -0.4 is 19.5 Å². The first-order valence-electron chi connectivity index (χ1n) is 16.6. The Bertz CT molecular complexity index is 2460. The lowest BCUT2D eigenvalue weighted by Gasteiger charge is -2.12. The molecule has 9 nitrogen and oxygen atoms in total. The number of sulfonamides is 1. The highest BCUT2D eigenvalue weighted by atomic mass is 32.2. The number of amidine groups is 1. The van der Waals surface area contributed by atoms with E-state index in [1.807, 2.05) is 54.6 Å². The zero-order valence-electron chi connectivity index (χ0n) is 28.5. The van der Waals surface area contributed by atoms with E-state index in [0.717, 1.165) is 33.0 Å². The molecule has 1 heterocycles. The molecule has 2 amide bonds. The summed E-state index contributed by atoms with van der Waals surface area (Å²) in [5.74, 6) is 0.105. The van der Waals surface area contributed by atoms with Crippen molar-refractivity contribution in [2.45, 2.75) is 17.9 Å². The highest BCUT2D eigenvalue weighted by Crippen LogP contribution is 2.34. The van der Waals surface area contributed by atoms with E-state index in [-0.39, 0.29) is 17.2 Å².